The molecule has 234 valence electrons. The fourth-order valence-electron chi connectivity index (χ4n) is 8.16. The Balaban J connectivity index is 1.09. The van der Waals surface area contributed by atoms with E-state index in [2.05, 4.69) is 15.6 Å². The second-order valence-electron chi connectivity index (χ2n) is 13.3. The number of rotatable bonds is 6. The minimum Gasteiger partial charge on any atom is -0.325 e. The number of nitrogens with one attached hydrogen (secondary N) is 2. The van der Waals surface area contributed by atoms with E-state index in [4.69, 9.17) is 0 Å². The largest absolute Gasteiger partial charge is 0.325 e. The monoisotopic (exact) mass is 612 g/mol. The number of benzene rings is 2. The molecule has 1 aliphatic heterocycles. The van der Waals surface area contributed by atoms with Gasteiger partial charge in [0, 0.05) is 30.9 Å². The topological polar surface area (TPSA) is 91.4 Å². The highest BCUT2D eigenvalue weighted by atomic mass is 19.1. The molecule has 3 aliphatic carbocycles. The molecular weight excluding hydrogens is 574 g/mol. The number of piperazine rings is 1. The van der Waals surface area contributed by atoms with Gasteiger partial charge in [-0.2, -0.15) is 0 Å². The number of anilines is 1. The summed E-state index contributed by atoms with van der Waals surface area (Å²) in [6.07, 6.45) is 10.8. The van der Waals surface area contributed by atoms with E-state index >= 15 is 0 Å². The highest BCUT2D eigenvalue weighted by Crippen LogP contribution is 2.46. The van der Waals surface area contributed by atoms with E-state index in [1.165, 1.54) is 29.9 Å². The lowest BCUT2D eigenvalue weighted by atomic mass is 9.78. The second-order valence-corrected chi connectivity index (χ2v) is 13.3. The van der Waals surface area contributed by atoms with Gasteiger partial charge in [-0.3, -0.25) is 19.4 Å². The van der Waals surface area contributed by atoms with Gasteiger partial charge in [-0.25, -0.2) is 8.78 Å². The van der Waals surface area contributed by atoms with Gasteiger partial charge in [0.1, 0.15) is 24.0 Å². The van der Waals surface area contributed by atoms with Crippen molar-refractivity contribution in [1.82, 2.24) is 15.2 Å². The van der Waals surface area contributed by atoms with E-state index in [0.29, 0.717) is 49.4 Å². The van der Waals surface area contributed by atoms with Crippen LogP contribution >= 0.6 is 0 Å². The fourth-order valence-corrected chi connectivity index (χ4v) is 8.16. The molecule has 3 atom stereocenters. The lowest BCUT2D eigenvalue weighted by Gasteiger charge is -2.40. The first-order chi connectivity index (χ1) is 21.8. The zero-order chi connectivity index (χ0) is 31.1. The van der Waals surface area contributed by atoms with Crippen LogP contribution in [0.5, 0.6) is 0 Å². The molecule has 7 rings (SSSR count). The van der Waals surface area contributed by atoms with Crippen molar-refractivity contribution < 1.29 is 23.2 Å². The minimum atomic E-state index is -0.725. The predicted molar refractivity (Wildman–Crippen MR) is 166 cm³/mol. The van der Waals surface area contributed by atoms with Gasteiger partial charge in [-0.1, -0.05) is 50.7 Å². The summed E-state index contributed by atoms with van der Waals surface area (Å²) < 4.78 is 28.5. The number of ketones is 1. The molecule has 2 amide bonds. The molecule has 7 nitrogen and oxygen atoms in total. The Morgan fingerprint density at radius 3 is 2.51 bits per heavy atom. The first-order valence-corrected chi connectivity index (χ1v) is 16.2. The second kappa shape index (κ2) is 12.1. The number of carbonyl (C=O) groups is 3. The number of nitrogens with zero attached hydrogens (tertiary/aromatic N) is 2. The Bertz CT molecular complexity index is 1630. The summed E-state index contributed by atoms with van der Waals surface area (Å²) in [6, 6.07) is 11.7. The molecule has 4 aliphatic rings. The van der Waals surface area contributed by atoms with Crippen LogP contribution in [-0.2, 0) is 39.1 Å². The standard InChI is InChI=1S/C36H38F2N4O3/c37-26-13-24(14-27(38)16-26)32-20-40-31(12-22-6-3-1-2-4-7-22)35(45)42(32)21-34(44)41-28-10-9-23-18-36(19-25(23)15-28)29-8-5-11-39-30(29)17-33(36)43/h5,8-11,13-16,22,31-32,40H,1-4,6-7,12,17-21H2,(H,41,44)/t31-,32?,36-/m1/s1. The van der Waals surface area contributed by atoms with Gasteiger partial charge in [-0.05, 0) is 77.8 Å². The van der Waals surface area contributed by atoms with Crippen LogP contribution in [0.15, 0.2) is 54.7 Å². The maximum atomic E-state index is 14.2. The first kappa shape index (κ1) is 29.7. The quantitative estimate of drug-likeness (QED) is 0.366. The van der Waals surface area contributed by atoms with Crippen LogP contribution in [0.4, 0.5) is 14.5 Å². The molecule has 0 radical (unpaired) electrons. The molecule has 2 heterocycles. The first-order valence-electron chi connectivity index (χ1n) is 16.2. The van der Waals surface area contributed by atoms with E-state index < -0.39 is 29.1 Å². The van der Waals surface area contributed by atoms with Gasteiger partial charge >= 0.3 is 0 Å². The Morgan fingerprint density at radius 1 is 0.978 bits per heavy atom. The molecule has 1 saturated heterocycles. The Morgan fingerprint density at radius 2 is 1.73 bits per heavy atom. The summed E-state index contributed by atoms with van der Waals surface area (Å²) in [5, 5.41) is 6.29. The van der Waals surface area contributed by atoms with E-state index in [0.717, 1.165) is 54.1 Å². The van der Waals surface area contributed by atoms with Gasteiger partial charge in [0.05, 0.1) is 23.2 Å². The lowest BCUT2D eigenvalue weighted by molar-refractivity contribution is -0.142. The summed E-state index contributed by atoms with van der Waals surface area (Å²) in [4.78, 5) is 46.5. The van der Waals surface area contributed by atoms with Gasteiger partial charge in [0.25, 0.3) is 0 Å². The molecule has 45 heavy (non-hydrogen) atoms. The van der Waals surface area contributed by atoms with Crippen molar-refractivity contribution in [3.8, 4) is 0 Å². The molecule has 1 unspecified atom stereocenters. The Hall–Kier alpha value is -3.98. The highest BCUT2D eigenvalue weighted by Gasteiger charge is 2.50. The van der Waals surface area contributed by atoms with Crippen molar-refractivity contribution in [3.05, 3.63) is 94.3 Å². The third kappa shape index (κ3) is 5.78. The van der Waals surface area contributed by atoms with Gasteiger partial charge in [0.2, 0.25) is 11.8 Å². The molecule has 9 heteroatoms. The van der Waals surface area contributed by atoms with Gasteiger partial charge in [0.15, 0.2) is 0 Å². The minimum absolute atomic E-state index is 0.174. The van der Waals surface area contributed by atoms with Crippen LogP contribution in [0.25, 0.3) is 0 Å². The van der Waals surface area contributed by atoms with Crippen LogP contribution < -0.4 is 10.6 Å². The fraction of sp³-hybridized carbons (Fsp3) is 0.444. The molecule has 1 spiro atoms. The number of aromatic nitrogens is 1. The smallest absolute Gasteiger partial charge is 0.244 e. The summed E-state index contributed by atoms with van der Waals surface area (Å²) in [5.41, 5.74) is 4.20. The van der Waals surface area contributed by atoms with E-state index in [-0.39, 0.29) is 24.1 Å². The molecule has 2 fully saturated rings. The van der Waals surface area contributed by atoms with Crippen molar-refractivity contribution in [2.24, 2.45) is 5.92 Å². The van der Waals surface area contributed by atoms with Crippen molar-refractivity contribution in [2.45, 2.75) is 81.7 Å². The molecular formula is C36H38F2N4O3. The van der Waals surface area contributed by atoms with Crippen molar-refractivity contribution in [1.29, 1.82) is 0 Å². The normalized spacial score (nSPS) is 24.9. The average molecular weight is 613 g/mol. The Kier molecular flexibility index (Phi) is 7.98. The lowest BCUT2D eigenvalue weighted by Crippen LogP contribution is -2.58. The van der Waals surface area contributed by atoms with Crippen molar-refractivity contribution in [3.63, 3.8) is 0 Å². The van der Waals surface area contributed by atoms with Crippen LogP contribution in [0.2, 0.25) is 0 Å². The third-order valence-corrected chi connectivity index (χ3v) is 10.4. The van der Waals surface area contributed by atoms with E-state index in [9.17, 15) is 23.2 Å². The van der Waals surface area contributed by atoms with Crippen LogP contribution in [0.3, 0.4) is 0 Å². The molecule has 3 aromatic rings. The Labute approximate surface area is 261 Å². The number of hydrogen-bond donors (Lipinski definition) is 2. The number of pyridine rings is 1. The third-order valence-electron chi connectivity index (χ3n) is 10.4. The number of fused-ring (bicyclic) bond motifs is 3. The highest BCUT2D eigenvalue weighted by molar-refractivity contribution is 5.98. The molecule has 1 aromatic heterocycles. The van der Waals surface area contributed by atoms with E-state index in [1.54, 1.807) is 6.20 Å². The zero-order valence-corrected chi connectivity index (χ0v) is 25.3. The number of carbonyl (C=O) groups excluding carboxylic acids is 3. The van der Waals surface area contributed by atoms with Crippen molar-refractivity contribution >= 4 is 23.3 Å². The maximum absolute atomic E-state index is 14.2. The molecule has 2 N–H and O–H groups in total. The summed E-state index contributed by atoms with van der Waals surface area (Å²) >= 11 is 0. The van der Waals surface area contributed by atoms with E-state index in [1.807, 2.05) is 30.3 Å². The summed E-state index contributed by atoms with van der Waals surface area (Å²) in [7, 11) is 0. The predicted octanol–water partition coefficient (Wildman–Crippen LogP) is 5.36. The van der Waals surface area contributed by atoms with Gasteiger partial charge in [-0.15, -0.1) is 0 Å². The zero-order valence-electron chi connectivity index (χ0n) is 25.3. The molecule has 1 saturated carbocycles. The molecule has 2 aromatic carbocycles. The summed E-state index contributed by atoms with van der Waals surface area (Å²) in [6.45, 7) is 0.0492. The number of hydrogen-bond acceptors (Lipinski definition) is 5. The number of halogens is 2. The average Bonchev–Trinajstić information content (AvgIpc) is 3.38. The van der Waals surface area contributed by atoms with Crippen LogP contribution in [0.1, 0.15) is 78.9 Å². The van der Waals surface area contributed by atoms with Crippen LogP contribution in [-0.4, -0.2) is 46.6 Å². The molecule has 0 bridgehead atoms. The number of Topliss-reactive ketones (excluding diaryl/α,β-unsaturated/α-hetero) is 1. The number of amides is 2. The van der Waals surface area contributed by atoms with Gasteiger partial charge < -0.3 is 15.5 Å². The maximum Gasteiger partial charge on any atom is 0.244 e. The SMILES string of the molecule is O=C(CN1C(=O)[C@@H](CC2CCCCCC2)NCC1c1cc(F)cc(F)c1)Nc1ccc2c(c1)C[C@@]1(C2)C(=O)Cc2ncccc21. The van der Waals surface area contributed by atoms with Crippen LogP contribution in [0, 0.1) is 17.6 Å². The van der Waals surface area contributed by atoms with Crippen molar-refractivity contribution in [2.75, 3.05) is 18.4 Å². The summed E-state index contributed by atoms with van der Waals surface area (Å²) in [5.74, 6) is -1.46.